The lowest BCUT2D eigenvalue weighted by Crippen LogP contribution is -2.03. The van der Waals surface area contributed by atoms with E-state index in [0.717, 1.165) is 10.9 Å². The Bertz CT molecular complexity index is 708. The zero-order chi connectivity index (χ0) is 12.5. The van der Waals surface area contributed by atoms with E-state index in [-0.39, 0.29) is 6.61 Å². The van der Waals surface area contributed by atoms with Crippen LogP contribution >= 0.6 is 11.6 Å². The number of pyridine rings is 1. The van der Waals surface area contributed by atoms with Crippen molar-refractivity contribution in [3.63, 3.8) is 0 Å². The molecule has 0 saturated heterocycles. The highest BCUT2D eigenvalue weighted by Crippen LogP contribution is 2.20. The van der Waals surface area contributed by atoms with Gasteiger partial charge in [0.15, 0.2) is 5.82 Å². The van der Waals surface area contributed by atoms with Crippen LogP contribution in [0, 0.1) is 0 Å². The molecular weight excluding hydrogens is 250 g/mol. The Morgan fingerprint density at radius 1 is 1.28 bits per heavy atom. The fourth-order valence-electron chi connectivity index (χ4n) is 1.88. The standard InChI is InChI=1S/C13H10ClN3O/c14-11-6-15-17(7-11)13-10(8-18)5-9-3-1-2-4-12(9)16-13/h1-7,18H,8H2. The van der Waals surface area contributed by atoms with Crippen molar-refractivity contribution in [2.75, 3.05) is 0 Å². The van der Waals surface area contributed by atoms with Crippen molar-refractivity contribution in [2.45, 2.75) is 6.61 Å². The van der Waals surface area contributed by atoms with Gasteiger partial charge in [0.05, 0.1) is 29.5 Å². The summed E-state index contributed by atoms with van der Waals surface area (Å²) < 4.78 is 1.57. The number of rotatable bonds is 2. The molecule has 0 aliphatic heterocycles. The van der Waals surface area contributed by atoms with Crippen LogP contribution in [0.5, 0.6) is 0 Å². The van der Waals surface area contributed by atoms with Gasteiger partial charge in [-0.1, -0.05) is 29.8 Å². The quantitative estimate of drug-likeness (QED) is 0.770. The van der Waals surface area contributed by atoms with Crippen molar-refractivity contribution in [3.05, 3.63) is 53.3 Å². The molecule has 0 saturated carbocycles. The molecule has 4 nitrogen and oxygen atoms in total. The second-order valence-corrected chi connectivity index (χ2v) is 4.36. The number of benzene rings is 1. The van der Waals surface area contributed by atoms with E-state index in [1.807, 2.05) is 30.3 Å². The summed E-state index contributed by atoms with van der Waals surface area (Å²) in [5, 5.41) is 15.1. The molecule has 0 aliphatic carbocycles. The highest BCUT2D eigenvalue weighted by Gasteiger charge is 2.09. The molecule has 3 aromatic rings. The van der Waals surface area contributed by atoms with E-state index in [1.54, 1.807) is 17.1 Å². The molecule has 5 heteroatoms. The molecule has 0 aliphatic rings. The van der Waals surface area contributed by atoms with E-state index in [2.05, 4.69) is 10.1 Å². The summed E-state index contributed by atoms with van der Waals surface area (Å²) in [4.78, 5) is 4.51. The van der Waals surface area contributed by atoms with Crippen LogP contribution in [0.3, 0.4) is 0 Å². The number of aliphatic hydroxyl groups is 1. The maximum Gasteiger partial charge on any atom is 0.159 e. The summed E-state index contributed by atoms with van der Waals surface area (Å²) in [6, 6.07) is 9.66. The Morgan fingerprint density at radius 2 is 2.11 bits per heavy atom. The van der Waals surface area contributed by atoms with Crippen molar-refractivity contribution >= 4 is 22.5 Å². The zero-order valence-corrected chi connectivity index (χ0v) is 10.2. The van der Waals surface area contributed by atoms with E-state index >= 15 is 0 Å². The van der Waals surface area contributed by atoms with Crippen molar-refractivity contribution in [1.29, 1.82) is 0 Å². The first-order chi connectivity index (χ1) is 8.78. The molecule has 0 atom stereocenters. The fraction of sp³-hybridized carbons (Fsp3) is 0.0769. The molecule has 0 spiro atoms. The van der Waals surface area contributed by atoms with Gasteiger partial charge in [-0.25, -0.2) is 9.67 Å². The lowest BCUT2D eigenvalue weighted by atomic mass is 10.1. The van der Waals surface area contributed by atoms with Gasteiger partial charge < -0.3 is 5.11 Å². The van der Waals surface area contributed by atoms with Crippen LogP contribution in [0.4, 0.5) is 0 Å². The van der Waals surface area contributed by atoms with E-state index in [0.29, 0.717) is 16.4 Å². The molecular formula is C13H10ClN3O. The van der Waals surface area contributed by atoms with Crippen LogP contribution in [-0.2, 0) is 6.61 Å². The molecule has 1 N–H and O–H groups in total. The molecule has 0 unspecified atom stereocenters. The zero-order valence-electron chi connectivity index (χ0n) is 9.42. The van der Waals surface area contributed by atoms with Gasteiger partial charge in [-0.3, -0.25) is 0 Å². The van der Waals surface area contributed by atoms with Gasteiger partial charge in [0.2, 0.25) is 0 Å². The second kappa shape index (κ2) is 4.40. The van der Waals surface area contributed by atoms with Crippen LogP contribution in [0.1, 0.15) is 5.56 Å². The average molecular weight is 260 g/mol. The Morgan fingerprint density at radius 3 is 2.83 bits per heavy atom. The summed E-state index contributed by atoms with van der Waals surface area (Å²) in [5.74, 6) is 0.600. The van der Waals surface area contributed by atoms with Gasteiger partial charge in [-0.2, -0.15) is 5.10 Å². The first kappa shape index (κ1) is 11.2. The molecule has 0 amide bonds. The highest BCUT2D eigenvalue weighted by molar-refractivity contribution is 6.30. The summed E-state index contributed by atoms with van der Waals surface area (Å²) in [7, 11) is 0. The predicted molar refractivity (Wildman–Crippen MR) is 69.8 cm³/mol. The van der Waals surface area contributed by atoms with Gasteiger partial charge in [0, 0.05) is 10.9 Å². The Hall–Kier alpha value is -1.91. The first-order valence-electron chi connectivity index (χ1n) is 5.48. The molecule has 2 aromatic heterocycles. The van der Waals surface area contributed by atoms with Gasteiger partial charge in [-0.15, -0.1) is 0 Å². The normalized spacial score (nSPS) is 11.0. The Labute approximate surface area is 108 Å². The van der Waals surface area contributed by atoms with Crippen LogP contribution in [0.25, 0.3) is 16.7 Å². The van der Waals surface area contributed by atoms with E-state index in [4.69, 9.17) is 11.6 Å². The maximum atomic E-state index is 9.43. The molecule has 1 aromatic carbocycles. The number of aliphatic hydroxyl groups excluding tert-OH is 1. The predicted octanol–water partition coefficient (Wildman–Crippen LogP) is 2.57. The van der Waals surface area contributed by atoms with Gasteiger partial charge in [0.25, 0.3) is 0 Å². The van der Waals surface area contributed by atoms with Crippen LogP contribution in [0.2, 0.25) is 5.02 Å². The van der Waals surface area contributed by atoms with Gasteiger partial charge >= 0.3 is 0 Å². The molecule has 0 radical (unpaired) electrons. The van der Waals surface area contributed by atoms with E-state index in [1.165, 1.54) is 0 Å². The first-order valence-corrected chi connectivity index (χ1v) is 5.86. The van der Waals surface area contributed by atoms with E-state index < -0.39 is 0 Å². The molecule has 18 heavy (non-hydrogen) atoms. The summed E-state index contributed by atoms with van der Waals surface area (Å²) >= 11 is 5.85. The number of aromatic nitrogens is 3. The van der Waals surface area contributed by atoms with E-state index in [9.17, 15) is 5.11 Å². The fourth-order valence-corrected chi connectivity index (χ4v) is 2.02. The SMILES string of the molecule is OCc1cc2ccccc2nc1-n1cc(Cl)cn1. The van der Waals surface area contributed by atoms with Crippen molar-refractivity contribution in [3.8, 4) is 5.82 Å². The van der Waals surface area contributed by atoms with Crippen molar-refractivity contribution in [2.24, 2.45) is 0 Å². The number of hydrogen-bond acceptors (Lipinski definition) is 3. The third kappa shape index (κ3) is 1.85. The number of nitrogens with zero attached hydrogens (tertiary/aromatic N) is 3. The summed E-state index contributed by atoms with van der Waals surface area (Å²) in [6.45, 7) is -0.0926. The third-order valence-corrected chi connectivity index (χ3v) is 2.91. The maximum absolute atomic E-state index is 9.43. The second-order valence-electron chi connectivity index (χ2n) is 3.93. The molecule has 90 valence electrons. The average Bonchev–Trinajstić information content (AvgIpc) is 2.83. The van der Waals surface area contributed by atoms with Crippen LogP contribution < -0.4 is 0 Å². The third-order valence-electron chi connectivity index (χ3n) is 2.72. The van der Waals surface area contributed by atoms with Crippen molar-refractivity contribution < 1.29 is 5.11 Å². The number of halogens is 1. The Kier molecular flexibility index (Phi) is 2.74. The van der Waals surface area contributed by atoms with Gasteiger partial charge in [-0.05, 0) is 12.1 Å². The number of hydrogen-bond donors (Lipinski definition) is 1. The molecule has 0 fully saturated rings. The van der Waals surface area contributed by atoms with Crippen LogP contribution in [-0.4, -0.2) is 19.9 Å². The minimum absolute atomic E-state index is 0.0926. The molecule has 0 bridgehead atoms. The minimum atomic E-state index is -0.0926. The van der Waals surface area contributed by atoms with Gasteiger partial charge in [0.1, 0.15) is 0 Å². The Balaban J connectivity index is 2.26. The smallest absolute Gasteiger partial charge is 0.159 e. The highest BCUT2D eigenvalue weighted by atomic mass is 35.5. The summed E-state index contributed by atoms with van der Waals surface area (Å²) in [6.07, 6.45) is 3.21. The monoisotopic (exact) mass is 259 g/mol. The lowest BCUT2D eigenvalue weighted by molar-refractivity contribution is 0.281. The number of para-hydroxylation sites is 1. The number of fused-ring (bicyclic) bond motifs is 1. The summed E-state index contributed by atoms with van der Waals surface area (Å²) in [5.41, 5.74) is 1.57. The molecule has 3 rings (SSSR count). The molecule has 2 heterocycles. The topological polar surface area (TPSA) is 50.9 Å². The van der Waals surface area contributed by atoms with Crippen LogP contribution in [0.15, 0.2) is 42.7 Å². The lowest BCUT2D eigenvalue weighted by Gasteiger charge is -2.08. The minimum Gasteiger partial charge on any atom is -0.392 e. The van der Waals surface area contributed by atoms with Crippen molar-refractivity contribution in [1.82, 2.24) is 14.8 Å². The largest absolute Gasteiger partial charge is 0.392 e.